The largest absolute Gasteiger partial charge is 0.493 e. The number of carbonyl (C=O) groups excluding carboxylic acids is 3. The van der Waals surface area contributed by atoms with Gasteiger partial charge in [-0.1, -0.05) is 71.8 Å². The number of ether oxygens (including phenoxy) is 2. The van der Waals surface area contributed by atoms with Gasteiger partial charge in [-0.25, -0.2) is 0 Å². The molecule has 0 amide bonds. The average molecular weight is 590 g/mol. The molecule has 6 nitrogen and oxygen atoms in total. The summed E-state index contributed by atoms with van der Waals surface area (Å²) in [6, 6.07) is 23.4. The number of anilines is 1. The molecule has 4 aromatic rings. The van der Waals surface area contributed by atoms with Crippen LogP contribution in [0.3, 0.4) is 0 Å². The maximum Gasteiger partial charge on any atom is 0.185 e. The third kappa shape index (κ3) is 3.69. The predicted molar refractivity (Wildman–Crippen MR) is 166 cm³/mol. The van der Waals surface area contributed by atoms with Crippen LogP contribution in [0.15, 0.2) is 91.0 Å². The molecule has 214 valence electrons. The number of benzene rings is 4. The van der Waals surface area contributed by atoms with E-state index in [1.807, 2.05) is 48.2 Å². The number of methoxy groups -OCH3 is 2. The van der Waals surface area contributed by atoms with Crippen molar-refractivity contribution in [1.82, 2.24) is 0 Å². The van der Waals surface area contributed by atoms with Crippen molar-refractivity contribution in [1.29, 1.82) is 0 Å². The first kappa shape index (κ1) is 27.2. The number of para-hydroxylation sites is 1. The smallest absolute Gasteiger partial charge is 0.185 e. The van der Waals surface area contributed by atoms with E-state index in [1.165, 1.54) is 14.2 Å². The number of hydrogen-bond acceptors (Lipinski definition) is 6. The molecule has 43 heavy (non-hydrogen) atoms. The van der Waals surface area contributed by atoms with E-state index in [0.717, 1.165) is 16.8 Å². The van der Waals surface area contributed by atoms with Gasteiger partial charge in [0.2, 0.25) is 0 Å². The number of Topliss-reactive ketones (excluding diaryl/α,β-unsaturated/α-hetero) is 3. The molecule has 4 aromatic carbocycles. The van der Waals surface area contributed by atoms with Gasteiger partial charge < -0.3 is 14.4 Å². The van der Waals surface area contributed by atoms with Crippen molar-refractivity contribution in [3.63, 3.8) is 0 Å². The molecular formula is C36H28ClNO5. The predicted octanol–water partition coefficient (Wildman–Crippen LogP) is 6.98. The highest BCUT2D eigenvalue weighted by Gasteiger charge is 2.72. The summed E-state index contributed by atoms with van der Waals surface area (Å²) >= 11 is 6.20. The zero-order chi connectivity index (χ0) is 30.0. The number of rotatable bonds is 5. The molecule has 7 rings (SSSR count). The highest BCUT2D eigenvalue weighted by Crippen LogP contribution is 2.62. The first-order chi connectivity index (χ1) is 20.8. The van der Waals surface area contributed by atoms with Gasteiger partial charge in [0.05, 0.1) is 20.3 Å². The van der Waals surface area contributed by atoms with Crippen LogP contribution in [0.2, 0.25) is 5.02 Å². The molecule has 0 aromatic heterocycles. The average Bonchev–Trinajstić information content (AvgIpc) is 3.46. The first-order valence-electron chi connectivity index (χ1n) is 14.1. The Morgan fingerprint density at radius 2 is 1.56 bits per heavy atom. The van der Waals surface area contributed by atoms with Crippen LogP contribution >= 0.6 is 11.6 Å². The van der Waals surface area contributed by atoms with Crippen LogP contribution in [0.1, 0.15) is 53.7 Å². The lowest BCUT2D eigenvalue weighted by atomic mass is 9.64. The van der Waals surface area contributed by atoms with E-state index in [2.05, 4.69) is 0 Å². The summed E-state index contributed by atoms with van der Waals surface area (Å²) in [6.07, 6.45) is 3.88. The number of hydrogen-bond donors (Lipinski definition) is 0. The number of fused-ring (bicyclic) bond motifs is 5. The van der Waals surface area contributed by atoms with E-state index >= 15 is 0 Å². The SMILES string of the molecule is COc1cccc([C@H]2[C@H](C(=O)c3ccc(Cl)cc3)N3c4ccc(C)cc4C=C[C@H]3C23C(=O)c2ccccc2C3=O)c1OC. The molecule has 0 radical (unpaired) electrons. The number of nitrogens with zero attached hydrogens (tertiary/aromatic N) is 1. The van der Waals surface area contributed by atoms with E-state index in [-0.39, 0.29) is 17.3 Å². The van der Waals surface area contributed by atoms with Crippen molar-refractivity contribution in [2.24, 2.45) is 5.41 Å². The lowest BCUT2D eigenvalue weighted by molar-refractivity contribution is 0.0664. The van der Waals surface area contributed by atoms with E-state index in [9.17, 15) is 14.4 Å². The number of halogens is 1. The van der Waals surface area contributed by atoms with Crippen molar-refractivity contribution in [3.8, 4) is 11.5 Å². The highest BCUT2D eigenvalue weighted by molar-refractivity contribution is 6.32. The van der Waals surface area contributed by atoms with E-state index in [0.29, 0.717) is 38.8 Å². The van der Waals surface area contributed by atoms with Gasteiger partial charge in [-0.15, -0.1) is 0 Å². The Bertz CT molecular complexity index is 1830. The molecule has 3 aliphatic rings. The fraction of sp³-hybridized carbons (Fsp3) is 0.194. The summed E-state index contributed by atoms with van der Waals surface area (Å²) in [7, 11) is 3.06. The Labute approximate surface area is 254 Å². The third-order valence-electron chi connectivity index (χ3n) is 9.13. The molecule has 0 bridgehead atoms. The Kier molecular flexibility index (Phi) is 6.29. The van der Waals surface area contributed by atoms with Gasteiger partial charge in [0, 0.05) is 38.9 Å². The molecule has 1 saturated heterocycles. The Morgan fingerprint density at radius 3 is 2.21 bits per heavy atom. The van der Waals surface area contributed by atoms with Crippen LogP contribution in [0.5, 0.6) is 11.5 Å². The van der Waals surface area contributed by atoms with Gasteiger partial charge in [-0.3, -0.25) is 14.4 Å². The molecule has 1 aliphatic carbocycles. The van der Waals surface area contributed by atoms with E-state index in [4.69, 9.17) is 21.1 Å². The van der Waals surface area contributed by atoms with Gasteiger partial charge in [0.25, 0.3) is 0 Å². The Morgan fingerprint density at radius 1 is 0.860 bits per heavy atom. The van der Waals surface area contributed by atoms with Gasteiger partial charge in [0.15, 0.2) is 28.8 Å². The lowest BCUT2D eigenvalue weighted by Crippen LogP contribution is -2.48. The summed E-state index contributed by atoms with van der Waals surface area (Å²) in [6.45, 7) is 2.01. The molecule has 0 unspecified atom stereocenters. The molecule has 3 atom stereocenters. The van der Waals surface area contributed by atoms with Crippen molar-refractivity contribution in [3.05, 3.63) is 129 Å². The zero-order valence-corrected chi connectivity index (χ0v) is 24.6. The summed E-state index contributed by atoms with van der Waals surface area (Å²) in [4.78, 5) is 46.5. The van der Waals surface area contributed by atoms with Gasteiger partial charge in [-0.05, 0) is 55.0 Å². The first-order valence-corrected chi connectivity index (χ1v) is 14.5. The van der Waals surface area contributed by atoms with Crippen molar-refractivity contribution in [2.75, 3.05) is 19.1 Å². The second-order valence-corrected chi connectivity index (χ2v) is 11.7. The van der Waals surface area contributed by atoms with Crippen LogP contribution < -0.4 is 14.4 Å². The molecule has 1 fully saturated rings. The summed E-state index contributed by atoms with van der Waals surface area (Å²) in [5.74, 6) is -0.927. The van der Waals surface area contributed by atoms with Crippen LogP contribution in [0.4, 0.5) is 5.69 Å². The summed E-state index contributed by atoms with van der Waals surface area (Å²) < 4.78 is 11.6. The molecule has 0 saturated carbocycles. The summed E-state index contributed by atoms with van der Waals surface area (Å²) in [5.41, 5.74) is 2.82. The van der Waals surface area contributed by atoms with E-state index < -0.39 is 23.4 Å². The molecular weight excluding hydrogens is 562 g/mol. The third-order valence-corrected chi connectivity index (χ3v) is 9.38. The van der Waals surface area contributed by atoms with Crippen LogP contribution in [-0.4, -0.2) is 43.7 Å². The van der Waals surface area contributed by atoms with Crippen molar-refractivity contribution in [2.45, 2.75) is 24.9 Å². The molecule has 2 heterocycles. The minimum Gasteiger partial charge on any atom is -0.493 e. The molecule has 1 spiro atoms. The Hall–Kier alpha value is -4.68. The number of aryl methyl sites for hydroxylation is 1. The maximum atomic E-state index is 14.9. The lowest BCUT2D eigenvalue weighted by Gasteiger charge is -2.37. The van der Waals surface area contributed by atoms with Gasteiger partial charge in [0.1, 0.15) is 11.5 Å². The minimum atomic E-state index is -1.64. The fourth-order valence-electron chi connectivity index (χ4n) is 7.38. The quantitative estimate of drug-likeness (QED) is 0.185. The number of ketones is 3. The standard InChI is InChI=1S/C36H28ClNO5/c1-20-11-17-27-22(19-20)14-18-29-36(34(40)24-7-4-5-8-25(24)35(36)41)30(26-9-6-10-28(42-2)33(26)43-3)31(38(27)29)32(39)21-12-15-23(37)16-13-21/h4-19,29-31H,1-3H3/t29-,30-,31+/m0/s1. The van der Waals surface area contributed by atoms with Gasteiger partial charge in [-0.2, -0.15) is 0 Å². The molecule has 2 aliphatic heterocycles. The minimum absolute atomic E-state index is 0.230. The van der Waals surface area contributed by atoms with Crippen molar-refractivity contribution < 1.29 is 23.9 Å². The second kappa shape index (κ2) is 9.96. The maximum absolute atomic E-state index is 14.9. The monoisotopic (exact) mass is 589 g/mol. The van der Waals surface area contributed by atoms with Crippen LogP contribution in [0.25, 0.3) is 6.08 Å². The summed E-state index contributed by atoms with van der Waals surface area (Å²) in [5, 5.41) is 0.502. The van der Waals surface area contributed by atoms with Gasteiger partial charge >= 0.3 is 0 Å². The zero-order valence-electron chi connectivity index (χ0n) is 23.8. The molecule has 7 heteroatoms. The fourth-order valence-corrected chi connectivity index (χ4v) is 7.51. The topological polar surface area (TPSA) is 72.9 Å². The second-order valence-electron chi connectivity index (χ2n) is 11.2. The van der Waals surface area contributed by atoms with Crippen LogP contribution in [0, 0.1) is 12.3 Å². The Balaban J connectivity index is 1.58. The van der Waals surface area contributed by atoms with Crippen LogP contribution in [-0.2, 0) is 0 Å². The van der Waals surface area contributed by atoms with E-state index in [1.54, 1.807) is 60.7 Å². The van der Waals surface area contributed by atoms with Crippen molar-refractivity contribution >= 4 is 40.7 Å². The number of carbonyl (C=O) groups is 3. The molecule has 0 N–H and O–H groups in total. The normalized spacial score (nSPS) is 21.0. The highest BCUT2D eigenvalue weighted by atomic mass is 35.5.